The van der Waals surface area contributed by atoms with E-state index < -0.39 is 16.9 Å². The summed E-state index contributed by atoms with van der Waals surface area (Å²) in [6.07, 6.45) is 6.46. The summed E-state index contributed by atoms with van der Waals surface area (Å²) in [5, 5.41) is 9.17. The molecule has 0 heterocycles. The molecule has 108 valence electrons. The Hall–Kier alpha value is -1.10. The van der Waals surface area contributed by atoms with Crippen molar-refractivity contribution in [3.8, 4) is 0 Å². The van der Waals surface area contributed by atoms with Gasteiger partial charge >= 0.3 is 5.97 Å². The van der Waals surface area contributed by atoms with Gasteiger partial charge in [-0.3, -0.25) is 9.59 Å². The first kappa shape index (κ1) is 14.3. The minimum absolute atomic E-state index is 0.0515. The number of carbonyl (C=O) groups excluding carboxylic acids is 1. The van der Waals surface area contributed by atoms with Gasteiger partial charge in [0.1, 0.15) is 0 Å². The van der Waals surface area contributed by atoms with Gasteiger partial charge in [0.2, 0.25) is 5.91 Å². The predicted octanol–water partition coefficient (Wildman–Crippen LogP) is 1.36. The van der Waals surface area contributed by atoms with E-state index in [1.54, 1.807) is 11.9 Å². The summed E-state index contributed by atoms with van der Waals surface area (Å²) in [4.78, 5) is 25.5. The molecule has 3 N–H and O–H groups in total. The van der Waals surface area contributed by atoms with Crippen LogP contribution in [-0.2, 0) is 9.59 Å². The van der Waals surface area contributed by atoms with Crippen LogP contribution >= 0.6 is 0 Å². The number of carbonyl (C=O) groups is 2. The molecule has 2 saturated carbocycles. The van der Waals surface area contributed by atoms with Gasteiger partial charge in [-0.1, -0.05) is 19.3 Å². The summed E-state index contributed by atoms with van der Waals surface area (Å²) in [7, 11) is 1.77. The van der Waals surface area contributed by atoms with Gasteiger partial charge in [0.15, 0.2) is 0 Å². The Labute approximate surface area is 114 Å². The van der Waals surface area contributed by atoms with Crippen molar-refractivity contribution < 1.29 is 14.7 Å². The standard InChI is InChI=1S/C14H24N2O3/c1-16(12(19)13(10-15)7-8-13)14(9-11(17)18)5-3-2-4-6-14/h2-10,15H2,1H3,(H,17,18). The van der Waals surface area contributed by atoms with Crippen LogP contribution in [-0.4, -0.2) is 41.0 Å². The lowest BCUT2D eigenvalue weighted by atomic mass is 9.77. The number of hydrogen-bond acceptors (Lipinski definition) is 3. The molecule has 5 nitrogen and oxygen atoms in total. The van der Waals surface area contributed by atoms with Crippen molar-refractivity contribution in [1.82, 2.24) is 4.90 Å². The van der Waals surface area contributed by atoms with E-state index in [1.807, 2.05) is 0 Å². The van der Waals surface area contributed by atoms with E-state index in [0.29, 0.717) is 6.54 Å². The van der Waals surface area contributed by atoms with E-state index >= 15 is 0 Å². The molecule has 5 heteroatoms. The van der Waals surface area contributed by atoms with Gasteiger partial charge in [-0.2, -0.15) is 0 Å². The molecule has 2 aliphatic carbocycles. The molecule has 0 bridgehead atoms. The summed E-state index contributed by atoms with van der Waals surface area (Å²) in [6, 6.07) is 0. The van der Waals surface area contributed by atoms with Crippen LogP contribution in [0.1, 0.15) is 51.4 Å². The fraction of sp³-hybridized carbons (Fsp3) is 0.857. The van der Waals surface area contributed by atoms with Crippen LogP contribution in [0.4, 0.5) is 0 Å². The maximum absolute atomic E-state index is 12.6. The van der Waals surface area contributed by atoms with E-state index in [1.165, 1.54) is 0 Å². The highest BCUT2D eigenvalue weighted by Gasteiger charge is 2.53. The molecule has 0 spiro atoms. The second-order valence-electron chi connectivity index (χ2n) is 6.20. The maximum Gasteiger partial charge on any atom is 0.305 e. The molecule has 0 aromatic rings. The maximum atomic E-state index is 12.6. The second kappa shape index (κ2) is 5.12. The van der Waals surface area contributed by atoms with Crippen molar-refractivity contribution in [3.63, 3.8) is 0 Å². The molecule has 0 saturated heterocycles. The van der Waals surface area contributed by atoms with E-state index in [2.05, 4.69) is 0 Å². The van der Waals surface area contributed by atoms with Crippen molar-refractivity contribution in [1.29, 1.82) is 0 Å². The highest BCUT2D eigenvalue weighted by Crippen LogP contribution is 2.48. The third kappa shape index (κ3) is 2.61. The fourth-order valence-corrected chi connectivity index (χ4v) is 3.35. The minimum Gasteiger partial charge on any atom is -0.481 e. The summed E-state index contributed by atoms with van der Waals surface area (Å²) in [5.74, 6) is -0.766. The molecule has 19 heavy (non-hydrogen) atoms. The zero-order valence-corrected chi connectivity index (χ0v) is 11.7. The second-order valence-corrected chi connectivity index (χ2v) is 6.20. The van der Waals surface area contributed by atoms with Crippen LogP contribution in [0.25, 0.3) is 0 Å². The molecule has 0 aromatic heterocycles. The van der Waals surface area contributed by atoms with E-state index in [-0.39, 0.29) is 12.3 Å². The third-order valence-electron chi connectivity index (χ3n) is 4.98. The van der Waals surface area contributed by atoms with E-state index in [4.69, 9.17) is 5.73 Å². The molecule has 0 aromatic carbocycles. The number of aliphatic carboxylic acids is 1. The molecular formula is C14H24N2O3. The Morgan fingerprint density at radius 2 is 1.74 bits per heavy atom. The van der Waals surface area contributed by atoms with E-state index in [9.17, 15) is 14.7 Å². The first-order chi connectivity index (χ1) is 8.96. The zero-order valence-electron chi connectivity index (χ0n) is 11.7. The number of carboxylic acid groups (broad SMARTS) is 1. The molecule has 0 aliphatic heterocycles. The molecule has 2 fully saturated rings. The highest BCUT2D eigenvalue weighted by molar-refractivity contribution is 5.86. The SMILES string of the molecule is CN(C(=O)C1(CN)CC1)C1(CC(=O)O)CCCCC1. The largest absolute Gasteiger partial charge is 0.481 e. The number of nitrogens with two attached hydrogens (primary N) is 1. The molecule has 0 unspecified atom stereocenters. The van der Waals surface area contributed by atoms with Crippen molar-refractivity contribution in [2.75, 3.05) is 13.6 Å². The predicted molar refractivity (Wildman–Crippen MR) is 71.6 cm³/mol. The number of hydrogen-bond donors (Lipinski definition) is 2. The van der Waals surface area contributed by atoms with Crippen LogP contribution in [0, 0.1) is 5.41 Å². The van der Waals surface area contributed by atoms with Crippen molar-refractivity contribution >= 4 is 11.9 Å². The van der Waals surface area contributed by atoms with Crippen LogP contribution in [0.3, 0.4) is 0 Å². The van der Waals surface area contributed by atoms with Crippen LogP contribution < -0.4 is 5.73 Å². The first-order valence-corrected chi connectivity index (χ1v) is 7.16. The smallest absolute Gasteiger partial charge is 0.305 e. The number of carboxylic acids is 1. The summed E-state index contributed by atoms with van der Waals surface area (Å²) < 4.78 is 0. The topological polar surface area (TPSA) is 83.6 Å². The average molecular weight is 268 g/mol. The average Bonchev–Trinajstić information content (AvgIpc) is 3.18. The molecule has 0 atom stereocenters. The normalized spacial score (nSPS) is 23.7. The Kier molecular flexibility index (Phi) is 3.85. The molecule has 2 aliphatic rings. The summed E-state index contributed by atoms with van der Waals surface area (Å²) in [6.45, 7) is 0.374. The quantitative estimate of drug-likeness (QED) is 0.788. The molecule has 2 rings (SSSR count). The van der Waals surface area contributed by atoms with Crippen LogP contribution in [0.2, 0.25) is 0 Å². The van der Waals surface area contributed by atoms with Gasteiger partial charge in [-0.15, -0.1) is 0 Å². The third-order valence-corrected chi connectivity index (χ3v) is 4.98. The molecular weight excluding hydrogens is 244 g/mol. The minimum atomic E-state index is -0.820. The van der Waals surface area contributed by atoms with Gasteiger partial charge < -0.3 is 15.7 Å². The van der Waals surface area contributed by atoms with Gasteiger partial charge in [0.25, 0.3) is 0 Å². The molecule has 1 amide bonds. The van der Waals surface area contributed by atoms with Crippen molar-refractivity contribution in [3.05, 3.63) is 0 Å². The Balaban J connectivity index is 2.17. The number of amides is 1. The first-order valence-electron chi connectivity index (χ1n) is 7.16. The van der Waals surface area contributed by atoms with Crippen LogP contribution in [0.5, 0.6) is 0 Å². The van der Waals surface area contributed by atoms with Crippen molar-refractivity contribution in [2.24, 2.45) is 11.1 Å². The summed E-state index contributed by atoms with van der Waals surface area (Å²) in [5.41, 5.74) is 4.83. The number of rotatable bonds is 5. The van der Waals surface area contributed by atoms with Crippen molar-refractivity contribution in [2.45, 2.75) is 56.9 Å². The summed E-state index contributed by atoms with van der Waals surface area (Å²) >= 11 is 0. The lowest BCUT2D eigenvalue weighted by molar-refractivity contribution is -0.148. The monoisotopic (exact) mass is 268 g/mol. The molecule has 0 radical (unpaired) electrons. The highest BCUT2D eigenvalue weighted by atomic mass is 16.4. The number of nitrogens with zero attached hydrogens (tertiary/aromatic N) is 1. The van der Waals surface area contributed by atoms with Gasteiger partial charge in [0.05, 0.1) is 17.4 Å². The lowest BCUT2D eigenvalue weighted by Crippen LogP contribution is -2.55. The van der Waals surface area contributed by atoms with Gasteiger partial charge in [0, 0.05) is 13.6 Å². The Morgan fingerprint density at radius 3 is 2.16 bits per heavy atom. The van der Waals surface area contributed by atoms with E-state index in [0.717, 1.165) is 44.9 Å². The zero-order chi connectivity index (χ0) is 14.1. The Bertz CT molecular complexity index is 371. The fourth-order valence-electron chi connectivity index (χ4n) is 3.35. The van der Waals surface area contributed by atoms with Crippen LogP contribution in [0.15, 0.2) is 0 Å². The van der Waals surface area contributed by atoms with Gasteiger partial charge in [-0.05, 0) is 25.7 Å². The lowest BCUT2D eigenvalue weighted by Gasteiger charge is -2.45. The Morgan fingerprint density at radius 1 is 1.16 bits per heavy atom. The van der Waals surface area contributed by atoms with Gasteiger partial charge in [-0.25, -0.2) is 0 Å².